The van der Waals surface area contributed by atoms with Crippen molar-refractivity contribution in [1.29, 1.82) is 0 Å². The molecule has 0 atom stereocenters. The maximum absolute atomic E-state index is 12.0. The third-order valence-electron chi connectivity index (χ3n) is 2.30. The maximum atomic E-state index is 12.0. The molecule has 0 saturated carbocycles. The quantitative estimate of drug-likeness (QED) is 0.872. The molecule has 2 heterocycles. The van der Waals surface area contributed by atoms with Gasteiger partial charge in [-0.3, -0.25) is 9.78 Å². The third kappa shape index (κ3) is 3.14. The molecule has 0 bridgehead atoms. The molecule has 3 nitrogen and oxygen atoms in total. The Labute approximate surface area is 112 Å². The van der Waals surface area contributed by atoms with Crippen molar-refractivity contribution < 1.29 is 4.79 Å². The van der Waals surface area contributed by atoms with Gasteiger partial charge in [0, 0.05) is 29.9 Å². The van der Waals surface area contributed by atoms with Crippen LogP contribution in [0.2, 0.25) is 0 Å². The van der Waals surface area contributed by atoms with Crippen molar-refractivity contribution in [1.82, 2.24) is 9.88 Å². The Morgan fingerprint density at radius 3 is 2.65 bits per heavy atom. The largest absolute Gasteiger partial charge is 0.337 e. The van der Waals surface area contributed by atoms with Gasteiger partial charge in [0.2, 0.25) is 0 Å². The zero-order valence-corrected chi connectivity index (χ0v) is 11.7. The maximum Gasteiger partial charge on any atom is 0.254 e. The molecular formula is C12H11BrN2OS. The van der Waals surface area contributed by atoms with E-state index >= 15 is 0 Å². The third-order valence-corrected chi connectivity index (χ3v) is 3.90. The summed E-state index contributed by atoms with van der Waals surface area (Å²) in [5, 5.41) is 0. The second kappa shape index (κ2) is 5.42. The Morgan fingerprint density at radius 1 is 1.35 bits per heavy atom. The minimum atomic E-state index is 0.0110. The molecule has 0 aliphatic rings. The molecule has 0 fully saturated rings. The summed E-state index contributed by atoms with van der Waals surface area (Å²) in [4.78, 5) is 18.8. The fourth-order valence-electron chi connectivity index (χ4n) is 1.46. The fraction of sp³-hybridized carbons (Fsp3) is 0.167. The van der Waals surface area contributed by atoms with E-state index < -0.39 is 0 Å². The van der Waals surface area contributed by atoms with Crippen LogP contribution >= 0.6 is 27.3 Å². The average molecular weight is 311 g/mol. The highest BCUT2D eigenvalue weighted by atomic mass is 79.9. The van der Waals surface area contributed by atoms with Crippen molar-refractivity contribution in [3.8, 4) is 0 Å². The molecule has 2 aromatic rings. The van der Waals surface area contributed by atoms with Gasteiger partial charge in [0.25, 0.3) is 5.91 Å². The van der Waals surface area contributed by atoms with E-state index in [1.165, 1.54) is 0 Å². The Morgan fingerprint density at radius 2 is 2.06 bits per heavy atom. The van der Waals surface area contributed by atoms with Crippen molar-refractivity contribution in [3.63, 3.8) is 0 Å². The van der Waals surface area contributed by atoms with Gasteiger partial charge in [-0.15, -0.1) is 11.3 Å². The number of thiophene rings is 1. The first kappa shape index (κ1) is 12.3. The van der Waals surface area contributed by atoms with Gasteiger partial charge in [-0.05, 0) is 40.2 Å². The van der Waals surface area contributed by atoms with Crippen LogP contribution in [-0.2, 0) is 6.54 Å². The second-order valence-electron chi connectivity index (χ2n) is 3.60. The van der Waals surface area contributed by atoms with Crippen LogP contribution in [0.5, 0.6) is 0 Å². The molecule has 0 aromatic carbocycles. The number of nitrogens with zero attached hydrogens (tertiary/aromatic N) is 2. The standard InChI is InChI=1S/C12H11BrN2OS/c1-15(8-10-2-3-11(13)17-10)12(16)9-4-6-14-7-5-9/h2-7H,8H2,1H3. The van der Waals surface area contributed by atoms with Gasteiger partial charge in [-0.2, -0.15) is 0 Å². The molecule has 0 N–H and O–H groups in total. The Bertz CT molecular complexity index is 512. The zero-order chi connectivity index (χ0) is 12.3. The summed E-state index contributed by atoms with van der Waals surface area (Å²) in [6.45, 7) is 0.622. The van der Waals surface area contributed by atoms with Crippen molar-refractivity contribution >= 4 is 33.2 Å². The highest BCUT2D eigenvalue weighted by Crippen LogP contribution is 2.23. The molecule has 17 heavy (non-hydrogen) atoms. The van der Waals surface area contributed by atoms with Crippen LogP contribution in [0, 0.1) is 0 Å². The van der Waals surface area contributed by atoms with Crippen LogP contribution in [0.3, 0.4) is 0 Å². The SMILES string of the molecule is CN(Cc1ccc(Br)s1)C(=O)c1ccncc1. The molecule has 0 aliphatic heterocycles. The summed E-state index contributed by atoms with van der Waals surface area (Å²) in [7, 11) is 1.80. The van der Waals surface area contributed by atoms with Crippen LogP contribution in [0.4, 0.5) is 0 Å². The van der Waals surface area contributed by atoms with E-state index in [1.807, 2.05) is 12.1 Å². The molecule has 2 rings (SSSR count). The number of carbonyl (C=O) groups is 1. The summed E-state index contributed by atoms with van der Waals surface area (Å²) in [5.41, 5.74) is 0.665. The van der Waals surface area contributed by atoms with Crippen LogP contribution in [-0.4, -0.2) is 22.8 Å². The monoisotopic (exact) mass is 310 g/mol. The van der Waals surface area contributed by atoms with E-state index in [9.17, 15) is 4.79 Å². The number of pyridine rings is 1. The molecule has 0 unspecified atom stereocenters. The molecule has 88 valence electrons. The summed E-state index contributed by atoms with van der Waals surface area (Å²) in [5.74, 6) is 0.0110. The molecule has 0 saturated heterocycles. The van der Waals surface area contributed by atoms with Gasteiger partial charge in [-0.1, -0.05) is 0 Å². The first-order chi connectivity index (χ1) is 8.16. The second-order valence-corrected chi connectivity index (χ2v) is 6.15. The summed E-state index contributed by atoms with van der Waals surface area (Å²) < 4.78 is 1.08. The predicted molar refractivity (Wildman–Crippen MR) is 72.1 cm³/mol. The van der Waals surface area contributed by atoms with E-state index in [0.717, 1.165) is 8.66 Å². The van der Waals surface area contributed by atoms with Crippen molar-refractivity contribution in [2.45, 2.75) is 6.54 Å². The lowest BCUT2D eigenvalue weighted by Crippen LogP contribution is -2.25. The fourth-order valence-corrected chi connectivity index (χ4v) is 2.99. The van der Waals surface area contributed by atoms with Crippen LogP contribution in [0.15, 0.2) is 40.4 Å². The van der Waals surface area contributed by atoms with E-state index in [1.54, 1.807) is 47.8 Å². The Kier molecular flexibility index (Phi) is 3.91. The van der Waals surface area contributed by atoms with Crippen molar-refractivity contribution in [3.05, 3.63) is 50.9 Å². The Hall–Kier alpha value is -1.20. The van der Waals surface area contributed by atoms with Gasteiger partial charge in [-0.25, -0.2) is 0 Å². The highest BCUT2D eigenvalue weighted by Gasteiger charge is 2.12. The number of hydrogen-bond donors (Lipinski definition) is 0. The first-order valence-corrected chi connectivity index (χ1v) is 6.67. The minimum Gasteiger partial charge on any atom is -0.337 e. The summed E-state index contributed by atoms with van der Waals surface area (Å²) in [6, 6.07) is 7.46. The zero-order valence-electron chi connectivity index (χ0n) is 9.26. The molecule has 0 radical (unpaired) electrons. The molecule has 0 aliphatic carbocycles. The lowest BCUT2D eigenvalue weighted by Gasteiger charge is -2.15. The number of halogens is 1. The number of rotatable bonds is 3. The van der Waals surface area contributed by atoms with Crippen LogP contribution < -0.4 is 0 Å². The topological polar surface area (TPSA) is 33.2 Å². The molecule has 5 heteroatoms. The lowest BCUT2D eigenvalue weighted by molar-refractivity contribution is 0.0786. The van der Waals surface area contributed by atoms with Gasteiger partial charge < -0.3 is 4.90 Å². The first-order valence-electron chi connectivity index (χ1n) is 5.06. The summed E-state index contributed by atoms with van der Waals surface area (Å²) in [6.07, 6.45) is 3.26. The van der Waals surface area contributed by atoms with Crippen molar-refractivity contribution in [2.24, 2.45) is 0 Å². The van der Waals surface area contributed by atoms with E-state index in [-0.39, 0.29) is 5.91 Å². The van der Waals surface area contributed by atoms with Gasteiger partial charge in [0.15, 0.2) is 0 Å². The van der Waals surface area contributed by atoms with E-state index in [0.29, 0.717) is 12.1 Å². The lowest BCUT2D eigenvalue weighted by atomic mass is 10.2. The predicted octanol–water partition coefficient (Wildman–Crippen LogP) is 3.18. The van der Waals surface area contributed by atoms with Gasteiger partial charge >= 0.3 is 0 Å². The molecule has 1 amide bonds. The van der Waals surface area contributed by atoms with Gasteiger partial charge in [0.1, 0.15) is 0 Å². The normalized spacial score (nSPS) is 10.2. The number of carbonyl (C=O) groups excluding carboxylic acids is 1. The van der Waals surface area contributed by atoms with E-state index in [4.69, 9.17) is 0 Å². The van der Waals surface area contributed by atoms with Gasteiger partial charge in [0.05, 0.1) is 10.3 Å². The van der Waals surface area contributed by atoms with Crippen LogP contribution in [0.1, 0.15) is 15.2 Å². The number of amides is 1. The van der Waals surface area contributed by atoms with Crippen LogP contribution in [0.25, 0.3) is 0 Å². The molecular weight excluding hydrogens is 300 g/mol. The number of hydrogen-bond acceptors (Lipinski definition) is 3. The molecule has 0 spiro atoms. The van der Waals surface area contributed by atoms with Crippen molar-refractivity contribution in [2.75, 3.05) is 7.05 Å². The van der Waals surface area contributed by atoms with E-state index in [2.05, 4.69) is 20.9 Å². The average Bonchev–Trinajstić information content (AvgIpc) is 2.75. The minimum absolute atomic E-state index is 0.0110. The molecule has 2 aromatic heterocycles. The Balaban J connectivity index is 2.06. The highest BCUT2D eigenvalue weighted by molar-refractivity contribution is 9.11. The summed E-state index contributed by atoms with van der Waals surface area (Å²) >= 11 is 5.05. The number of aromatic nitrogens is 1. The smallest absolute Gasteiger partial charge is 0.254 e.